The Labute approximate surface area is 175 Å². The first-order valence-corrected chi connectivity index (χ1v) is 9.89. The van der Waals surface area contributed by atoms with E-state index in [9.17, 15) is 22.4 Å². The Balaban J connectivity index is 0.000000575. The van der Waals surface area contributed by atoms with Crippen LogP contribution in [0.2, 0.25) is 0 Å². The van der Waals surface area contributed by atoms with Crippen molar-refractivity contribution < 1.29 is 31.7 Å². The smallest absolute Gasteiger partial charge is 0.399 e. The predicted octanol–water partition coefficient (Wildman–Crippen LogP) is 4.63. The zero-order valence-electron chi connectivity index (χ0n) is 18.2. The topological polar surface area (TPSA) is 50.8 Å². The molecule has 10 heteroatoms. The average molecular weight is 432 g/mol. The lowest BCUT2D eigenvalue weighted by Gasteiger charge is -2.32. The maximum absolute atomic E-state index is 14.4. The third-order valence-electron chi connectivity index (χ3n) is 5.50. The van der Waals surface area contributed by atoms with E-state index < -0.39 is 30.3 Å². The Kier molecular flexibility index (Phi) is 7.13. The molecule has 0 aromatic heterocycles. The van der Waals surface area contributed by atoms with Crippen LogP contribution in [-0.2, 0) is 9.31 Å². The molecule has 1 N–H and O–H groups in total. The van der Waals surface area contributed by atoms with E-state index in [0.717, 1.165) is 23.9 Å². The minimum absolute atomic E-state index is 0.159. The Morgan fingerprint density at radius 2 is 1.57 bits per heavy atom. The van der Waals surface area contributed by atoms with Crippen LogP contribution in [0.25, 0.3) is 0 Å². The van der Waals surface area contributed by atoms with Crippen molar-refractivity contribution in [2.45, 2.75) is 71.8 Å². The van der Waals surface area contributed by atoms with Gasteiger partial charge in [-0.2, -0.15) is 13.2 Å². The van der Waals surface area contributed by atoms with Gasteiger partial charge in [-0.3, -0.25) is 0 Å². The molecule has 2 amide bonds. The molecule has 0 atom stereocenters. The molecule has 2 aliphatic rings. The maximum Gasteiger partial charge on any atom is 0.495 e. The molecule has 1 aromatic rings. The summed E-state index contributed by atoms with van der Waals surface area (Å²) >= 11 is 0. The highest BCUT2D eigenvalue weighted by atomic mass is 19.4. The molecule has 2 saturated heterocycles. The summed E-state index contributed by atoms with van der Waals surface area (Å²) in [6.07, 6.45) is -2.02. The number of alkyl halides is 3. The number of carbonyl (C=O) groups is 1. The molecule has 2 aliphatic heterocycles. The molecule has 1 aromatic carbocycles. The van der Waals surface area contributed by atoms with E-state index in [4.69, 9.17) is 9.31 Å². The van der Waals surface area contributed by atoms with Gasteiger partial charge in [-0.05, 0) is 70.6 Å². The normalized spacial score (nSPS) is 20.1. The fourth-order valence-electron chi connectivity index (χ4n) is 3.12. The van der Waals surface area contributed by atoms with Gasteiger partial charge in [0.1, 0.15) is 5.82 Å². The van der Waals surface area contributed by atoms with Gasteiger partial charge in [0.25, 0.3) is 0 Å². The first-order valence-electron chi connectivity index (χ1n) is 9.89. The maximum atomic E-state index is 14.4. The van der Waals surface area contributed by atoms with Crippen molar-refractivity contribution in [1.82, 2.24) is 4.90 Å². The second-order valence-electron chi connectivity index (χ2n) is 8.68. The lowest BCUT2D eigenvalue weighted by molar-refractivity contribution is -0.110. The highest BCUT2D eigenvalue weighted by molar-refractivity contribution is 6.62. The highest BCUT2D eigenvalue weighted by Crippen LogP contribution is 2.37. The van der Waals surface area contributed by atoms with Crippen LogP contribution in [0.5, 0.6) is 0 Å². The van der Waals surface area contributed by atoms with E-state index >= 15 is 0 Å². The molecule has 168 valence electrons. The second-order valence-corrected chi connectivity index (χ2v) is 8.68. The number of benzene rings is 1. The second kappa shape index (κ2) is 8.74. The van der Waals surface area contributed by atoms with Crippen molar-refractivity contribution in [3.8, 4) is 0 Å². The van der Waals surface area contributed by atoms with Crippen molar-refractivity contribution in [1.29, 1.82) is 0 Å². The molecule has 3 rings (SSSR count). The predicted molar refractivity (Wildman–Crippen MR) is 108 cm³/mol. The van der Waals surface area contributed by atoms with Gasteiger partial charge >= 0.3 is 19.3 Å². The van der Waals surface area contributed by atoms with E-state index in [1.165, 1.54) is 6.07 Å². The van der Waals surface area contributed by atoms with Gasteiger partial charge in [-0.1, -0.05) is 0 Å². The van der Waals surface area contributed by atoms with Crippen molar-refractivity contribution >= 4 is 24.3 Å². The molecule has 5 nitrogen and oxygen atoms in total. The van der Waals surface area contributed by atoms with Crippen molar-refractivity contribution in [3.05, 3.63) is 23.5 Å². The molecule has 0 spiro atoms. The zero-order chi connectivity index (χ0) is 22.9. The lowest BCUT2D eigenvalue weighted by atomic mass is 9.76. The van der Waals surface area contributed by atoms with Crippen molar-refractivity contribution in [2.24, 2.45) is 0 Å². The van der Waals surface area contributed by atoms with E-state index in [-0.39, 0.29) is 18.6 Å². The van der Waals surface area contributed by atoms with Crippen molar-refractivity contribution in [2.75, 3.05) is 18.4 Å². The quantitative estimate of drug-likeness (QED) is 0.548. The fourth-order valence-corrected chi connectivity index (χ4v) is 3.12. The van der Waals surface area contributed by atoms with Gasteiger partial charge in [0, 0.05) is 20.0 Å². The number of nitrogens with zero attached hydrogens (tertiary/aromatic N) is 1. The summed E-state index contributed by atoms with van der Waals surface area (Å²) < 4.78 is 57.5. The summed E-state index contributed by atoms with van der Waals surface area (Å²) in [5, 5.41) is 2.69. The van der Waals surface area contributed by atoms with Gasteiger partial charge in [0.2, 0.25) is 0 Å². The van der Waals surface area contributed by atoms with Gasteiger partial charge in [0.15, 0.2) is 0 Å². The summed E-state index contributed by atoms with van der Waals surface area (Å²) in [5.74, 6) is -0.453. The summed E-state index contributed by atoms with van der Waals surface area (Å²) in [6.45, 7) is 11.3. The van der Waals surface area contributed by atoms with Crippen LogP contribution in [0, 0.1) is 12.7 Å². The molecule has 0 radical (unpaired) electrons. The van der Waals surface area contributed by atoms with Crippen LogP contribution < -0.4 is 10.8 Å². The summed E-state index contributed by atoms with van der Waals surface area (Å²) in [4.78, 5) is 14.0. The number of carbonyl (C=O) groups excluding carboxylic acids is 1. The minimum atomic E-state index is -4.00. The van der Waals surface area contributed by atoms with E-state index in [1.54, 1.807) is 11.0 Å². The minimum Gasteiger partial charge on any atom is -0.399 e. The monoisotopic (exact) mass is 432 g/mol. The zero-order valence-corrected chi connectivity index (χ0v) is 18.2. The molecule has 30 heavy (non-hydrogen) atoms. The Morgan fingerprint density at radius 3 is 2.03 bits per heavy atom. The van der Waals surface area contributed by atoms with E-state index in [1.807, 2.05) is 34.6 Å². The average Bonchev–Trinajstić information content (AvgIpc) is 3.15. The highest BCUT2D eigenvalue weighted by Gasteiger charge is 2.52. The number of nitrogens with one attached hydrogen (secondary N) is 1. The number of amides is 2. The lowest BCUT2D eigenvalue weighted by Crippen LogP contribution is -2.41. The van der Waals surface area contributed by atoms with Gasteiger partial charge in [-0.25, -0.2) is 9.18 Å². The number of likely N-dealkylation sites (tertiary alicyclic amines) is 1. The molecular weight excluding hydrogens is 403 g/mol. The number of aryl methyl sites for hydroxylation is 1. The third-order valence-corrected chi connectivity index (χ3v) is 5.50. The fraction of sp³-hybridized carbons (Fsp3) is 0.650. The number of urea groups is 1. The molecule has 2 heterocycles. The molecule has 0 aliphatic carbocycles. The van der Waals surface area contributed by atoms with Gasteiger partial charge < -0.3 is 19.5 Å². The Bertz CT molecular complexity index is 756. The third kappa shape index (κ3) is 6.10. The number of hydrogen-bond acceptors (Lipinski definition) is 3. The van der Waals surface area contributed by atoms with Crippen LogP contribution in [0.4, 0.5) is 28.0 Å². The number of hydrogen-bond donors (Lipinski definition) is 1. The summed E-state index contributed by atoms with van der Waals surface area (Å²) in [7, 11) is -0.590. The first kappa shape index (κ1) is 24.5. The van der Waals surface area contributed by atoms with E-state index in [0.29, 0.717) is 13.1 Å². The standard InChI is InChI=1S/C18H26BFN2O3.C2H3F3/c1-12-10-14(20)15(21-16(23)22-8-6-7-9-22)11-13(12)19-24-17(2,3)18(4,5)25-19;1-2(3,4)5/h10-11H,6-9H2,1-5H3,(H,21,23);1H3. The molecule has 0 bridgehead atoms. The van der Waals surface area contributed by atoms with Crippen LogP contribution in [0.15, 0.2) is 12.1 Å². The van der Waals surface area contributed by atoms with Crippen LogP contribution >= 0.6 is 0 Å². The number of anilines is 1. The largest absolute Gasteiger partial charge is 0.495 e. The van der Waals surface area contributed by atoms with Gasteiger partial charge in [-0.15, -0.1) is 0 Å². The van der Waals surface area contributed by atoms with Crippen LogP contribution in [0.1, 0.15) is 53.0 Å². The first-order chi connectivity index (χ1) is 13.6. The molecule has 2 fully saturated rings. The number of rotatable bonds is 2. The summed E-state index contributed by atoms with van der Waals surface area (Å²) in [6, 6.07) is 2.78. The summed E-state index contributed by atoms with van der Waals surface area (Å²) in [5.41, 5.74) is 0.675. The molecule has 0 saturated carbocycles. The van der Waals surface area contributed by atoms with E-state index in [2.05, 4.69) is 5.32 Å². The van der Waals surface area contributed by atoms with Crippen molar-refractivity contribution in [3.63, 3.8) is 0 Å². The Morgan fingerprint density at radius 1 is 1.10 bits per heavy atom. The Hall–Kier alpha value is -1.81. The van der Waals surface area contributed by atoms with Gasteiger partial charge in [0.05, 0.1) is 16.9 Å². The SMILES string of the molecule is CC(F)(F)F.Cc1cc(F)c(NC(=O)N2CCCC2)cc1B1OC(C)(C)C(C)(C)O1. The number of halogens is 4. The molecule has 0 unspecified atom stereocenters. The van der Waals surface area contributed by atoms with Crippen LogP contribution in [0.3, 0.4) is 0 Å². The molecular formula is C20H29BF4N2O3. The van der Waals surface area contributed by atoms with Crippen LogP contribution in [-0.4, -0.2) is 48.5 Å².